The highest BCUT2D eigenvalue weighted by molar-refractivity contribution is 4.88. The third kappa shape index (κ3) is 41.0. The first kappa shape index (κ1) is 35.9. The Bertz CT molecular complexity index is 436. The van der Waals surface area contributed by atoms with Crippen molar-refractivity contribution in [2.75, 3.05) is 0 Å². The molecule has 0 N–H and O–H groups in total. The van der Waals surface area contributed by atoms with Crippen LogP contribution in [0.5, 0.6) is 0 Å². The zero-order chi connectivity index (χ0) is 25.0. The third-order valence-corrected chi connectivity index (χ3v) is 2.09. The molecule has 0 aliphatic carbocycles. The molecule has 0 radical (unpaired) electrons. The van der Waals surface area contributed by atoms with Gasteiger partial charge in [0.15, 0.2) is 0 Å². The molecule has 4 aromatic heterocycles. The number of rotatable bonds is 0. The largest absolute Gasteiger partial charge is 0.265 e. The van der Waals surface area contributed by atoms with Crippen LogP contribution >= 0.6 is 0 Å². The highest BCUT2D eigenvalue weighted by atomic mass is 14.8. The molecule has 0 saturated heterocycles. The Hall–Kier alpha value is -3.54. The van der Waals surface area contributed by atoms with E-state index in [-0.39, 0.29) is 0 Å². The molecule has 0 fully saturated rings. The summed E-state index contributed by atoms with van der Waals surface area (Å²) in [7, 11) is 0. The monoisotopic (exact) mass is 438 g/mol. The Kier molecular flexibility index (Phi) is 51.5. The van der Waals surface area contributed by atoms with Gasteiger partial charge in [0.25, 0.3) is 0 Å². The molecule has 0 unspecified atom stereocenters. The van der Waals surface area contributed by atoms with Crippen molar-refractivity contribution in [1.29, 1.82) is 0 Å². The van der Waals surface area contributed by atoms with E-state index >= 15 is 0 Å². The molecule has 0 aliphatic rings. The minimum atomic E-state index is 1.50. The molecular formula is C26H42N6. The van der Waals surface area contributed by atoms with E-state index in [1.165, 1.54) is 6.33 Å². The van der Waals surface area contributed by atoms with Crippen molar-refractivity contribution in [1.82, 2.24) is 29.9 Å². The van der Waals surface area contributed by atoms with E-state index in [1.54, 1.807) is 68.0 Å². The Labute approximate surface area is 196 Å². The van der Waals surface area contributed by atoms with Gasteiger partial charge in [-0.15, -0.1) is 0 Å². The maximum Gasteiger partial charge on any atom is 0.115 e. The second-order valence-corrected chi connectivity index (χ2v) is 3.85. The first-order valence-electron chi connectivity index (χ1n) is 11.1. The van der Waals surface area contributed by atoms with Crippen molar-refractivity contribution in [2.45, 2.75) is 55.4 Å². The Morgan fingerprint density at radius 1 is 0.250 bits per heavy atom. The molecular weight excluding hydrogens is 396 g/mol. The molecule has 4 heterocycles. The standard InChI is InChI=1S/2C5H5N.2C4H4N2.4C2H6/c2*1-2-4-6-5-3-1;1-2-6-4-3-5-1;1-2-5-4-6-3-1;4*1-2/h2*1-5H;2*1-4H;4*1-2H3. The quantitative estimate of drug-likeness (QED) is 0.288. The van der Waals surface area contributed by atoms with Gasteiger partial charge in [-0.25, -0.2) is 9.97 Å². The summed E-state index contributed by atoms with van der Waals surface area (Å²) in [6.45, 7) is 16.0. The highest BCUT2D eigenvalue weighted by Gasteiger charge is 1.60. The fraction of sp³-hybridized carbons (Fsp3) is 0.308. The summed E-state index contributed by atoms with van der Waals surface area (Å²) in [5.74, 6) is 0. The fourth-order valence-electron chi connectivity index (χ4n) is 1.13. The van der Waals surface area contributed by atoms with Crippen molar-refractivity contribution in [3.8, 4) is 0 Å². The van der Waals surface area contributed by atoms with Crippen LogP contribution in [0.15, 0.2) is 111 Å². The highest BCUT2D eigenvalue weighted by Crippen LogP contribution is 1.74. The zero-order valence-corrected chi connectivity index (χ0v) is 21.1. The van der Waals surface area contributed by atoms with Crippen molar-refractivity contribution in [3.05, 3.63) is 111 Å². The van der Waals surface area contributed by atoms with Crippen molar-refractivity contribution in [2.24, 2.45) is 0 Å². The van der Waals surface area contributed by atoms with Crippen LogP contribution in [0, 0.1) is 0 Å². The van der Waals surface area contributed by atoms with Crippen LogP contribution < -0.4 is 0 Å². The molecule has 0 bridgehead atoms. The molecule has 0 aliphatic heterocycles. The molecule has 4 aromatic rings. The van der Waals surface area contributed by atoms with Crippen LogP contribution in [-0.4, -0.2) is 29.9 Å². The lowest BCUT2D eigenvalue weighted by Crippen LogP contribution is -1.66. The second-order valence-electron chi connectivity index (χ2n) is 3.85. The van der Waals surface area contributed by atoms with Gasteiger partial charge in [-0.05, 0) is 30.3 Å². The second kappa shape index (κ2) is 45.9. The van der Waals surface area contributed by atoms with Crippen LogP contribution in [0.4, 0.5) is 0 Å². The average Bonchev–Trinajstić information content (AvgIpc) is 2.98. The number of hydrogen-bond acceptors (Lipinski definition) is 6. The van der Waals surface area contributed by atoms with Gasteiger partial charge in [0.05, 0.1) is 0 Å². The number of aromatic nitrogens is 6. The van der Waals surface area contributed by atoms with Gasteiger partial charge in [-0.1, -0.05) is 67.5 Å². The SMILES string of the molecule is CC.CC.CC.CC.c1ccncc1.c1ccncc1.c1cnccn1.c1cncnc1. The molecule has 32 heavy (non-hydrogen) atoms. The Morgan fingerprint density at radius 3 is 0.594 bits per heavy atom. The molecule has 6 nitrogen and oxygen atoms in total. The summed E-state index contributed by atoms with van der Waals surface area (Å²) >= 11 is 0. The minimum Gasteiger partial charge on any atom is -0.265 e. The molecule has 0 aromatic carbocycles. The van der Waals surface area contributed by atoms with Gasteiger partial charge in [0, 0.05) is 62.0 Å². The summed E-state index contributed by atoms with van der Waals surface area (Å²) in [4.78, 5) is 22.4. The summed E-state index contributed by atoms with van der Waals surface area (Å²) < 4.78 is 0. The van der Waals surface area contributed by atoms with Crippen LogP contribution in [0.2, 0.25) is 0 Å². The molecule has 0 saturated carbocycles. The molecule has 176 valence electrons. The van der Waals surface area contributed by atoms with Gasteiger partial charge >= 0.3 is 0 Å². The molecule has 6 heteroatoms. The van der Waals surface area contributed by atoms with Crippen molar-refractivity contribution >= 4 is 0 Å². The number of hydrogen-bond donors (Lipinski definition) is 0. The van der Waals surface area contributed by atoms with Crippen LogP contribution in [-0.2, 0) is 0 Å². The summed E-state index contributed by atoms with van der Waals surface area (Å²) in [6.07, 6.45) is 18.4. The maximum absolute atomic E-state index is 3.78. The van der Waals surface area contributed by atoms with Gasteiger partial charge in [0.1, 0.15) is 6.33 Å². The smallest absolute Gasteiger partial charge is 0.115 e. The lowest BCUT2D eigenvalue weighted by Gasteiger charge is -1.70. The third-order valence-electron chi connectivity index (χ3n) is 2.09. The van der Waals surface area contributed by atoms with Crippen LogP contribution in [0.25, 0.3) is 0 Å². The summed E-state index contributed by atoms with van der Waals surface area (Å²) in [6, 6.07) is 13.2. The van der Waals surface area contributed by atoms with E-state index < -0.39 is 0 Å². The predicted molar refractivity (Wildman–Crippen MR) is 138 cm³/mol. The van der Waals surface area contributed by atoms with Gasteiger partial charge in [-0.2, -0.15) is 0 Å². The zero-order valence-electron chi connectivity index (χ0n) is 21.1. The normalized spacial score (nSPS) is 6.75. The lowest BCUT2D eigenvalue weighted by atomic mass is 10.5. The van der Waals surface area contributed by atoms with E-state index in [0.29, 0.717) is 0 Å². The molecule has 0 atom stereocenters. The van der Waals surface area contributed by atoms with E-state index in [2.05, 4.69) is 29.9 Å². The fourth-order valence-corrected chi connectivity index (χ4v) is 1.13. The maximum atomic E-state index is 3.78. The first-order valence-corrected chi connectivity index (χ1v) is 11.1. The first-order chi connectivity index (χ1) is 16.0. The van der Waals surface area contributed by atoms with Crippen molar-refractivity contribution in [3.63, 3.8) is 0 Å². The molecule has 0 amide bonds. The van der Waals surface area contributed by atoms with Crippen LogP contribution in [0.1, 0.15) is 55.4 Å². The van der Waals surface area contributed by atoms with Gasteiger partial charge < -0.3 is 0 Å². The van der Waals surface area contributed by atoms with Gasteiger partial charge in [0.2, 0.25) is 0 Å². The van der Waals surface area contributed by atoms with E-state index in [9.17, 15) is 0 Å². The van der Waals surface area contributed by atoms with Crippen molar-refractivity contribution < 1.29 is 0 Å². The Balaban J connectivity index is -0.000000148. The van der Waals surface area contributed by atoms with Gasteiger partial charge in [-0.3, -0.25) is 19.9 Å². The minimum absolute atomic E-state index is 1.50. The van der Waals surface area contributed by atoms with E-state index in [4.69, 9.17) is 0 Å². The average molecular weight is 439 g/mol. The molecule has 0 spiro atoms. The van der Waals surface area contributed by atoms with Crippen LogP contribution in [0.3, 0.4) is 0 Å². The van der Waals surface area contributed by atoms with E-state index in [0.717, 1.165) is 0 Å². The number of pyridine rings is 2. The van der Waals surface area contributed by atoms with E-state index in [1.807, 2.05) is 91.8 Å². The molecule has 4 rings (SSSR count). The topological polar surface area (TPSA) is 77.3 Å². The summed E-state index contributed by atoms with van der Waals surface area (Å²) in [5, 5.41) is 0. The predicted octanol–water partition coefficient (Wildman–Crippen LogP) is 7.22. The number of nitrogens with zero attached hydrogens (tertiary/aromatic N) is 6. The summed E-state index contributed by atoms with van der Waals surface area (Å²) in [5.41, 5.74) is 0. The Morgan fingerprint density at radius 2 is 0.500 bits per heavy atom. The lowest BCUT2D eigenvalue weighted by molar-refractivity contribution is 1.17.